The molecule has 5 rings (SSSR count). The van der Waals surface area contributed by atoms with Crippen LogP contribution < -0.4 is 20.9 Å². The van der Waals surface area contributed by atoms with Crippen molar-refractivity contribution in [3.63, 3.8) is 0 Å². The van der Waals surface area contributed by atoms with Gasteiger partial charge in [-0.15, -0.1) is 0 Å². The summed E-state index contributed by atoms with van der Waals surface area (Å²) in [5.74, 6) is -1.17. The molecule has 0 saturated carbocycles. The normalized spacial score (nSPS) is 16.1. The average molecular weight is 660 g/mol. The highest BCUT2D eigenvalue weighted by atomic mass is 35.5. The number of hydrogen-bond acceptors (Lipinski definition) is 7. The number of hydrogen-bond donors (Lipinski definition) is 3. The molecular weight excluding hydrogens is 621 g/mol. The van der Waals surface area contributed by atoms with Gasteiger partial charge in [0.15, 0.2) is 5.82 Å². The molecule has 12 heteroatoms. The van der Waals surface area contributed by atoms with Crippen molar-refractivity contribution < 1.29 is 18.8 Å². The summed E-state index contributed by atoms with van der Waals surface area (Å²) in [5, 5.41) is 9.28. The van der Waals surface area contributed by atoms with Gasteiger partial charge in [0.05, 0.1) is 22.3 Å². The van der Waals surface area contributed by atoms with Crippen molar-refractivity contribution in [2.75, 3.05) is 23.8 Å². The van der Waals surface area contributed by atoms with E-state index >= 15 is 4.39 Å². The first-order valence-corrected chi connectivity index (χ1v) is 15.9. The second kappa shape index (κ2) is 14.0. The van der Waals surface area contributed by atoms with Crippen LogP contribution in [0.1, 0.15) is 40.5 Å². The number of fused-ring (bicyclic) bond motifs is 1. The third kappa shape index (κ3) is 7.21. The lowest BCUT2D eigenvalue weighted by molar-refractivity contribution is -0.143. The summed E-state index contributed by atoms with van der Waals surface area (Å²) in [4.78, 5) is 52.5. The van der Waals surface area contributed by atoms with Crippen LogP contribution in [-0.2, 0) is 14.4 Å². The first-order valence-electron chi connectivity index (χ1n) is 15.5. The largest absolute Gasteiger partial charge is 0.342 e. The number of carbonyl (C=O) groups is 3. The maximum Gasteiger partial charge on any atom is 0.247 e. The lowest BCUT2D eigenvalue weighted by Crippen LogP contribution is -2.59. The molecule has 0 bridgehead atoms. The van der Waals surface area contributed by atoms with Crippen molar-refractivity contribution in [3.05, 3.63) is 83.9 Å². The highest BCUT2D eigenvalue weighted by Gasteiger charge is 2.42. The van der Waals surface area contributed by atoms with Crippen LogP contribution in [0.25, 0.3) is 10.9 Å². The third-order valence-electron chi connectivity index (χ3n) is 8.34. The maximum atomic E-state index is 15.5. The highest BCUT2D eigenvalue weighted by Crippen LogP contribution is 2.40. The molecule has 0 radical (unpaired) electrons. The van der Waals surface area contributed by atoms with Gasteiger partial charge in [0.25, 0.3) is 0 Å². The molecule has 4 aromatic rings. The van der Waals surface area contributed by atoms with E-state index < -0.39 is 29.4 Å². The first-order chi connectivity index (χ1) is 22.4. The lowest BCUT2D eigenvalue weighted by atomic mass is 9.85. The Morgan fingerprint density at radius 1 is 1.04 bits per heavy atom. The Balaban J connectivity index is 1.46. The van der Waals surface area contributed by atoms with Gasteiger partial charge in [-0.2, -0.15) is 0 Å². The maximum absolute atomic E-state index is 15.5. The van der Waals surface area contributed by atoms with Gasteiger partial charge in [-0.25, -0.2) is 14.4 Å². The van der Waals surface area contributed by atoms with Crippen molar-refractivity contribution in [1.82, 2.24) is 25.5 Å². The Morgan fingerprint density at radius 2 is 1.79 bits per heavy atom. The Hall–Kier alpha value is -4.61. The average Bonchev–Trinajstić information content (AvgIpc) is 3.55. The molecule has 3 amide bonds. The van der Waals surface area contributed by atoms with Crippen LogP contribution >= 0.6 is 11.6 Å². The molecule has 0 unspecified atom stereocenters. The fraction of sp³-hybridized carbons (Fsp3) is 0.343. The number of likely N-dealkylation sites (tertiary alicyclic amines) is 1. The van der Waals surface area contributed by atoms with E-state index in [4.69, 9.17) is 11.6 Å². The number of likely N-dealkylation sites (N-methyl/N-ethyl adjacent to an activating group) is 1. The molecule has 1 aliphatic rings. The Kier molecular flexibility index (Phi) is 10.1. The van der Waals surface area contributed by atoms with Gasteiger partial charge in [0, 0.05) is 23.3 Å². The summed E-state index contributed by atoms with van der Waals surface area (Å²) in [7, 11) is 1.68. The third-order valence-corrected chi connectivity index (χ3v) is 8.64. The number of rotatable bonds is 9. The van der Waals surface area contributed by atoms with E-state index in [-0.39, 0.29) is 28.4 Å². The van der Waals surface area contributed by atoms with Crippen LogP contribution in [0.5, 0.6) is 0 Å². The lowest BCUT2D eigenvalue weighted by Gasteiger charge is -2.36. The fourth-order valence-corrected chi connectivity index (χ4v) is 5.83. The Labute approximate surface area is 278 Å². The quantitative estimate of drug-likeness (QED) is 0.203. The van der Waals surface area contributed by atoms with Gasteiger partial charge < -0.3 is 20.9 Å². The van der Waals surface area contributed by atoms with E-state index in [9.17, 15) is 14.4 Å². The van der Waals surface area contributed by atoms with E-state index in [2.05, 4.69) is 25.9 Å². The summed E-state index contributed by atoms with van der Waals surface area (Å²) < 4.78 is 15.5. The SMILES string of the molecule is CN[C@@H](C)C(=O)N[C@H](C(=O)N1CCC[C@H]1C(=O)Nc1ccc2ncnc(N(c3ccccc3)c3cccc(Cl)c3F)c2c1)C(C)(C)C. The highest BCUT2D eigenvalue weighted by molar-refractivity contribution is 6.31. The van der Waals surface area contributed by atoms with Crippen molar-refractivity contribution in [3.8, 4) is 0 Å². The second-order valence-corrected chi connectivity index (χ2v) is 13.1. The first kappa shape index (κ1) is 33.7. The number of anilines is 4. The molecule has 246 valence electrons. The predicted molar refractivity (Wildman–Crippen MR) is 182 cm³/mol. The minimum absolute atomic E-state index is 0.0322. The van der Waals surface area contributed by atoms with E-state index in [1.54, 1.807) is 54.1 Å². The standard InChI is InChI=1S/C35H39ClFN7O3/c1-21(38-5)32(45)42-30(35(2,3)4)34(47)43-18-10-15-28(43)33(46)41-22-16-17-26-24(19-22)31(40-20-39-26)44(23-11-7-6-8-12-23)27-14-9-13-25(36)29(27)37/h6-9,11-14,16-17,19-21,28,30,38H,10,15,18H2,1-5H3,(H,41,46)(H,42,45)/t21-,28-,30+/m0/s1. The number of amides is 3. The van der Waals surface area contributed by atoms with Crippen molar-refractivity contribution >= 4 is 63.1 Å². The van der Waals surface area contributed by atoms with Crippen LogP contribution in [0.3, 0.4) is 0 Å². The second-order valence-electron chi connectivity index (χ2n) is 12.7. The van der Waals surface area contributed by atoms with Gasteiger partial charge in [0.1, 0.15) is 24.2 Å². The molecule has 0 spiro atoms. The Bertz CT molecular complexity index is 1780. The van der Waals surface area contributed by atoms with Gasteiger partial charge in [-0.3, -0.25) is 19.3 Å². The van der Waals surface area contributed by atoms with E-state index in [1.807, 2.05) is 51.1 Å². The molecule has 0 aliphatic carbocycles. The van der Waals surface area contributed by atoms with Crippen molar-refractivity contribution in [2.24, 2.45) is 5.41 Å². The number of halogens is 2. The molecule has 10 nitrogen and oxygen atoms in total. The zero-order chi connectivity index (χ0) is 33.9. The monoisotopic (exact) mass is 659 g/mol. The van der Waals surface area contributed by atoms with Crippen LogP contribution in [-0.4, -0.2) is 64.3 Å². The zero-order valence-electron chi connectivity index (χ0n) is 27.1. The summed E-state index contributed by atoms with van der Waals surface area (Å²) in [6, 6.07) is 17.1. The fourth-order valence-electron chi connectivity index (χ4n) is 5.66. The van der Waals surface area contributed by atoms with E-state index in [1.165, 1.54) is 12.4 Å². The minimum Gasteiger partial charge on any atom is -0.342 e. The number of benzene rings is 3. The van der Waals surface area contributed by atoms with Crippen LogP contribution in [0, 0.1) is 11.2 Å². The molecule has 1 fully saturated rings. The smallest absolute Gasteiger partial charge is 0.247 e. The van der Waals surface area contributed by atoms with Crippen LogP contribution in [0.15, 0.2) is 73.1 Å². The number of nitrogens with one attached hydrogen (secondary N) is 3. The van der Waals surface area contributed by atoms with E-state index in [0.717, 1.165) is 0 Å². The van der Waals surface area contributed by atoms with Gasteiger partial charge in [-0.05, 0) is 74.7 Å². The molecule has 1 aliphatic heterocycles. The molecule has 1 aromatic heterocycles. The summed E-state index contributed by atoms with van der Waals surface area (Å²) in [6.45, 7) is 7.76. The topological polar surface area (TPSA) is 120 Å². The molecule has 1 saturated heterocycles. The number of nitrogens with zero attached hydrogens (tertiary/aromatic N) is 4. The molecule has 3 aromatic carbocycles. The molecule has 2 heterocycles. The minimum atomic E-state index is -0.824. The summed E-state index contributed by atoms with van der Waals surface area (Å²) in [5.41, 5.74) is 1.29. The molecule has 3 N–H and O–H groups in total. The number of aromatic nitrogens is 2. The van der Waals surface area contributed by atoms with Crippen LogP contribution in [0.4, 0.5) is 27.3 Å². The predicted octanol–water partition coefficient (Wildman–Crippen LogP) is 5.96. The van der Waals surface area contributed by atoms with Crippen molar-refractivity contribution in [1.29, 1.82) is 0 Å². The van der Waals surface area contributed by atoms with Crippen molar-refractivity contribution in [2.45, 2.75) is 58.7 Å². The number of para-hydroxylation sites is 1. The zero-order valence-corrected chi connectivity index (χ0v) is 27.8. The Morgan fingerprint density at radius 3 is 2.49 bits per heavy atom. The van der Waals surface area contributed by atoms with Crippen LogP contribution in [0.2, 0.25) is 5.02 Å². The van der Waals surface area contributed by atoms with Gasteiger partial charge in [0.2, 0.25) is 17.7 Å². The summed E-state index contributed by atoms with van der Waals surface area (Å²) in [6.07, 6.45) is 2.53. The van der Waals surface area contributed by atoms with Gasteiger partial charge in [-0.1, -0.05) is 56.6 Å². The number of carbonyl (C=O) groups excluding carboxylic acids is 3. The summed E-state index contributed by atoms with van der Waals surface area (Å²) >= 11 is 6.19. The molecular formula is C35H39ClFN7O3. The van der Waals surface area contributed by atoms with E-state index in [0.29, 0.717) is 47.5 Å². The molecule has 3 atom stereocenters. The van der Waals surface area contributed by atoms with Gasteiger partial charge >= 0.3 is 0 Å². The molecule has 47 heavy (non-hydrogen) atoms.